The van der Waals surface area contributed by atoms with Crippen LogP contribution in [0.1, 0.15) is 83.1 Å². The second-order valence-corrected chi connectivity index (χ2v) is 41.6. The van der Waals surface area contributed by atoms with Crippen molar-refractivity contribution in [1.29, 1.82) is 0 Å². The predicted octanol–water partition coefficient (Wildman–Crippen LogP) is 13.3. The Hall–Kier alpha value is -1.70. The first-order valence-corrected chi connectivity index (χ1v) is 35.0. The Bertz CT molecular complexity index is 1460. The second kappa shape index (κ2) is 25.7. The van der Waals surface area contributed by atoms with Gasteiger partial charge in [0.2, 0.25) is 0 Å². The number of hydrogen-bond donors (Lipinski definition) is 0. The van der Waals surface area contributed by atoms with Gasteiger partial charge < -0.3 is 21.3 Å². The van der Waals surface area contributed by atoms with Crippen molar-refractivity contribution in [2.24, 2.45) is 0 Å². The summed E-state index contributed by atoms with van der Waals surface area (Å²) in [6.07, 6.45) is 4.06. The Balaban J connectivity index is 0.000000783. The smallest absolute Gasteiger partial charge is 0.660 e. The minimum absolute atomic E-state index is 0. The average molecular weight is 930 g/mol. The molecule has 0 aliphatic rings. The van der Waals surface area contributed by atoms with Crippen LogP contribution in [0.5, 0.6) is 0 Å². The predicted molar refractivity (Wildman–Crippen MR) is 286 cm³/mol. The molecule has 0 radical (unpaired) electrons. The van der Waals surface area contributed by atoms with Crippen LogP contribution in [-0.2, 0) is 21.7 Å². The summed E-state index contributed by atoms with van der Waals surface area (Å²) in [5, 5.41) is 25.1. The van der Waals surface area contributed by atoms with E-state index >= 15 is 0 Å². The van der Waals surface area contributed by atoms with Crippen LogP contribution in [0, 0.1) is 0 Å². The molecule has 0 aromatic heterocycles. The van der Waals surface area contributed by atoms with Crippen LogP contribution in [0.25, 0.3) is 21.3 Å². The molecule has 0 spiro atoms. The Labute approximate surface area is 397 Å². The molecule has 0 aliphatic carbocycles. The van der Waals surface area contributed by atoms with E-state index in [0.29, 0.717) is 0 Å². The SMILES string of the molecule is CC(C)(C)[N-]C[Si](C)(C)c1ccccc1.CC(C)(C)[N-]C[Si](C)(C)c1ccccc1.CC(C)(C)[N-]C[Si](C)(C)c1ccccc1.CC(C)(C)[N-]C[Si](C)(C)c1ccccc1.[Ti+4]. The first-order chi connectivity index (χ1) is 27.2. The summed E-state index contributed by atoms with van der Waals surface area (Å²) in [6, 6.07) is 43.2. The fourth-order valence-corrected chi connectivity index (χ4v) is 14.2. The van der Waals surface area contributed by atoms with E-state index < -0.39 is 32.3 Å². The van der Waals surface area contributed by atoms with Gasteiger partial charge in [0.15, 0.2) is 0 Å². The number of benzene rings is 4. The molecule has 61 heavy (non-hydrogen) atoms. The third-order valence-corrected chi connectivity index (χ3v) is 21.4. The maximum atomic E-state index is 4.77. The van der Waals surface area contributed by atoms with Gasteiger partial charge in [-0.25, -0.2) is 0 Å². The minimum Gasteiger partial charge on any atom is -0.660 e. The molecule has 4 aromatic carbocycles. The summed E-state index contributed by atoms with van der Waals surface area (Å²) in [4.78, 5) is 0. The summed E-state index contributed by atoms with van der Waals surface area (Å²) in [5.41, 5.74) is 0.385. The van der Waals surface area contributed by atoms with Crippen molar-refractivity contribution in [1.82, 2.24) is 0 Å². The molecule has 0 unspecified atom stereocenters. The van der Waals surface area contributed by atoms with Gasteiger partial charge in [0.1, 0.15) is 0 Å². The zero-order valence-corrected chi connectivity index (χ0v) is 48.2. The molecule has 0 atom stereocenters. The summed E-state index contributed by atoms with van der Waals surface area (Å²) < 4.78 is 0. The van der Waals surface area contributed by atoms with Gasteiger partial charge in [0, 0.05) is 0 Å². The Morgan fingerprint density at radius 3 is 0.525 bits per heavy atom. The van der Waals surface area contributed by atoms with Crippen LogP contribution in [0.4, 0.5) is 0 Å². The van der Waals surface area contributed by atoms with Gasteiger partial charge in [-0.15, -0.1) is 46.8 Å². The van der Waals surface area contributed by atoms with Gasteiger partial charge in [-0.3, -0.25) is 0 Å². The van der Waals surface area contributed by atoms with E-state index in [9.17, 15) is 0 Å². The van der Waals surface area contributed by atoms with E-state index in [2.05, 4.69) is 257 Å². The third-order valence-electron chi connectivity index (χ3n) is 10.0. The number of rotatable bonds is 12. The molecule has 4 nitrogen and oxygen atoms in total. The third kappa shape index (κ3) is 27.3. The van der Waals surface area contributed by atoms with Gasteiger partial charge >= 0.3 is 21.7 Å². The van der Waals surface area contributed by atoms with Crippen molar-refractivity contribution in [3.05, 3.63) is 143 Å². The average Bonchev–Trinajstić information content (AvgIpc) is 3.16. The molecule has 0 heterocycles. The summed E-state index contributed by atoms with van der Waals surface area (Å²) in [7, 11) is -5.42. The van der Waals surface area contributed by atoms with Crippen LogP contribution in [0.2, 0.25) is 52.4 Å². The summed E-state index contributed by atoms with van der Waals surface area (Å²) in [5.74, 6) is 0. The van der Waals surface area contributed by atoms with Crippen molar-refractivity contribution in [3.63, 3.8) is 0 Å². The topological polar surface area (TPSA) is 56.4 Å². The summed E-state index contributed by atoms with van der Waals surface area (Å²) in [6.45, 7) is 45.1. The van der Waals surface area contributed by atoms with Crippen molar-refractivity contribution in [2.45, 2.75) is 158 Å². The van der Waals surface area contributed by atoms with Crippen molar-refractivity contribution in [2.75, 3.05) is 24.7 Å². The molecule has 0 aliphatic heterocycles. The van der Waals surface area contributed by atoms with Crippen LogP contribution in [-0.4, -0.2) is 79.1 Å². The summed E-state index contributed by atoms with van der Waals surface area (Å²) >= 11 is 0. The fourth-order valence-electron chi connectivity index (χ4n) is 5.66. The molecule has 0 amide bonds. The van der Waals surface area contributed by atoms with Gasteiger partial charge in [-0.1, -0.05) is 278 Å². The fraction of sp³-hybridized carbons (Fsp3) is 0.538. The van der Waals surface area contributed by atoms with E-state index in [-0.39, 0.29) is 43.9 Å². The van der Waals surface area contributed by atoms with Crippen LogP contribution in [0.15, 0.2) is 121 Å². The molecular weight excluding hydrogens is 841 g/mol. The van der Waals surface area contributed by atoms with Crippen molar-refractivity contribution >= 4 is 53.0 Å². The van der Waals surface area contributed by atoms with Crippen molar-refractivity contribution < 1.29 is 21.7 Å². The molecule has 4 rings (SSSR count). The quantitative estimate of drug-likeness (QED) is 0.127. The van der Waals surface area contributed by atoms with Gasteiger partial charge in [-0.05, 0) is 0 Å². The second-order valence-electron chi connectivity index (χ2n) is 22.9. The number of hydrogen-bond acceptors (Lipinski definition) is 0. The maximum absolute atomic E-state index is 4.77. The molecule has 9 heteroatoms. The first kappa shape index (κ1) is 59.3. The van der Waals surface area contributed by atoms with E-state index in [1.165, 1.54) is 20.7 Å². The van der Waals surface area contributed by atoms with E-state index in [1.54, 1.807) is 0 Å². The molecule has 0 bridgehead atoms. The molecule has 0 fully saturated rings. The monoisotopic (exact) mass is 929 g/mol. The number of nitrogens with zero attached hydrogens (tertiary/aromatic N) is 4. The molecule has 0 saturated carbocycles. The normalized spacial score (nSPS) is 12.7. The molecule has 336 valence electrons. The minimum atomic E-state index is -1.36. The van der Waals surface area contributed by atoms with Crippen LogP contribution in [0.3, 0.4) is 0 Å². The largest absolute Gasteiger partial charge is 4.00 e. The van der Waals surface area contributed by atoms with Crippen molar-refractivity contribution in [3.8, 4) is 0 Å². The first-order valence-electron chi connectivity index (χ1n) is 22.2. The van der Waals surface area contributed by atoms with Gasteiger partial charge in [0.05, 0.1) is 32.3 Å². The van der Waals surface area contributed by atoms with E-state index in [0.717, 1.165) is 24.7 Å². The molecule has 4 aromatic rings. The Morgan fingerprint density at radius 2 is 0.410 bits per heavy atom. The van der Waals surface area contributed by atoms with E-state index in [1.807, 2.05) is 0 Å². The Morgan fingerprint density at radius 1 is 0.279 bits per heavy atom. The Kier molecular flexibility index (Phi) is 25.0. The maximum Gasteiger partial charge on any atom is 4.00 e. The molecule has 0 N–H and O–H groups in total. The van der Waals surface area contributed by atoms with Crippen LogP contribution < -0.4 is 20.7 Å². The zero-order valence-electron chi connectivity index (χ0n) is 42.7. The van der Waals surface area contributed by atoms with Gasteiger partial charge in [-0.2, -0.15) is 0 Å². The molecule has 0 saturated heterocycles. The van der Waals surface area contributed by atoms with Gasteiger partial charge in [0.25, 0.3) is 0 Å². The standard InChI is InChI=1S/4C13H22NSi.Ti/c4*1-13(2,3)14-11-15(4,5)12-9-7-6-8-10-12;/h4*6-10H,11H2,1-5H3;/q4*-1;+4. The zero-order chi connectivity index (χ0) is 46.1. The van der Waals surface area contributed by atoms with E-state index in [4.69, 9.17) is 21.3 Å². The van der Waals surface area contributed by atoms with Crippen LogP contribution >= 0.6 is 0 Å². The molecular formula is C52H88N4Si4Ti.